The van der Waals surface area contributed by atoms with Crippen LogP contribution in [0.5, 0.6) is 0 Å². The lowest BCUT2D eigenvalue weighted by Crippen LogP contribution is -2.58. The third-order valence-electron chi connectivity index (χ3n) is 26.8. The van der Waals surface area contributed by atoms with E-state index in [0.717, 1.165) is 12.8 Å². The smallest absolute Gasteiger partial charge is 0.311 e. The van der Waals surface area contributed by atoms with Gasteiger partial charge in [-0.2, -0.15) is 0 Å². The Hall–Kier alpha value is -2.16. The molecule has 0 bridgehead atoms. The van der Waals surface area contributed by atoms with E-state index in [2.05, 4.69) is 138 Å². The summed E-state index contributed by atoms with van der Waals surface area (Å²) in [6, 6.07) is 0. The highest BCUT2D eigenvalue weighted by atomic mass is 16.7. The SMILES string of the molecule is CC[C@H]1OC(=O)[C@H](C)[C@@H](OC2CC(C)(C)[C@@H](C)[C@H](C)O2)[C@H](C)[C@@H](OC2O[C@H](C)C[C@H](C)[C@H]2C)C(C)(C)C[C@@H](C)C(=O)[C@H](C)[C@@H](C)[C@@]1(O)CC.CC[C@H]1OC(=O)[C@H](C)[C@@H](OC2CC(C)(C)[C@@H](C)[C@H](C)O2)[C@H](C)[C@@H](OC2O[C@H](C)C[C@H](C)[C@H]2C)C(C)(C)C[C@@H](C)C(=O)[C@H](C)[C@@H](O)[C@@]1(O)CC. The summed E-state index contributed by atoms with van der Waals surface area (Å²) in [6.07, 6.45) is -2.03. The average molecular weight is 1390 g/mol. The molecule has 0 saturated carbocycles. The van der Waals surface area contributed by atoms with Crippen LogP contribution in [-0.4, -0.2) is 142 Å². The van der Waals surface area contributed by atoms with Crippen molar-refractivity contribution in [3.8, 4) is 0 Å². The highest BCUT2D eigenvalue weighted by Crippen LogP contribution is 2.50. The number of esters is 2. The molecule has 0 aromatic carbocycles. The van der Waals surface area contributed by atoms with Crippen LogP contribution in [0.3, 0.4) is 0 Å². The van der Waals surface area contributed by atoms with Crippen molar-refractivity contribution >= 4 is 23.5 Å². The van der Waals surface area contributed by atoms with Crippen LogP contribution in [0, 0.1) is 110 Å². The lowest BCUT2D eigenvalue weighted by Gasteiger charge is -2.49. The Labute approximate surface area is 595 Å². The molecule has 0 aromatic heterocycles. The summed E-state index contributed by atoms with van der Waals surface area (Å²) in [5.41, 5.74) is -4.37. The molecule has 0 aliphatic carbocycles. The first-order valence-corrected chi connectivity index (χ1v) is 38.9. The third-order valence-corrected chi connectivity index (χ3v) is 26.8. The van der Waals surface area contributed by atoms with Gasteiger partial charge in [-0.15, -0.1) is 0 Å². The van der Waals surface area contributed by atoms with Crippen LogP contribution in [0.25, 0.3) is 0 Å². The van der Waals surface area contributed by atoms with Crippen molar-refractivity contribution in [2.45, 2.75) is 382 Å². The summed E-state index contributed by atoms with van der Waals surface area (Å²) in [6.45, 7) is 63.7. The zero-order valence-electron chi connectivity index (χ0n) is 67.4. The number of carbonyl (C=O) groups excluding carboxylic acids is 4. The number of cyclic esters (lactones) is 2. The molecular weight excluding hydrogens is 1240 g/mol. The molecular formula is C81H146O17. The maximum Gasteiger partial charge on any atom is 0.311 e. The first kappa shape index (κ1) is 86.5. The molecule has 17 nitrogen and oxygen atoms in total. The highest BCUT2D eigenvalue weighted by Gasteiger charge is 2.56. The second-order valence-corrected chi connectivity index (χ2v) is 36.0. The predicted octanol–water partition coefficient (Wildman–Crippen LogP) is 15.9. The molecule has 0 radical (unpaired) electrons. The Balaban J connectivity index is 0.000000354. The van der Waals surface area contributed by atoms with Crippen molar-refractivity contribution in [1.29, 1.82) is 0 Å². The standard InChI is InChI=1S/C41H74O8.C40H72O9/c1-17-32-41(44,18-2)29(10)26(7)34(42)23(4)20-40(15,16)36(49-38-25(6)22(3)19-24(5)45-38)27(8)35(28(9)37(43)47-32)48-33-21-39(13,14)30(11)31(12)46-33;1-16-30-40(44,17-2)34(42)25(7)32(41)22(4)19-39(14,15)35(49-37-24(6)21(3)18-23(5)45-37)26(8)33(27(9)36(43)47-30)48-31-20-38(12,13)28(10)29(11)46-31/h22-33,35-36,38,44H,17-21H2,1-16H3;21-31,33-35,37,42,44H,16-20H2,1-15H3/t22-,23+,24+,25+,26+,27-,28+,29+,30-,31-,32+,33?,35-,36+,38?,41-;21-,22+,23+,24+,25-,26-,27+,28-,29-,30+,31?,33-,34+,35+,37?,40+/m00/s1. The molecule has 6 saturated heterocycles. The maximum absolute atomic E-state index is 14.3. The molecule has 3 N–H and O–H groups in total. The van der Waals surface area contributed by atoms with Gasteiger partial charge in [0, 0.05) is 60.2 Å². The van der Waals surface area contributed by atoms with E-state index in [1.807, 2.05) is 62.3 Å². The van der Waals surface area contributed by atoms with Gasteiger partial charge in [0.2, 0.25) is 0 Å². The first-order valence-electron chi connectivity index (χ1n) is 38.9. The van der Waals surface area contributed by atoms with E-state index >= 15 is 0 Å². The van der Waals surface area contributed by atoms with E-state index in [9.17, 15) is 34.5 Å². The van der Waals surface area contributed by atoms with Gasteiger partial charge in [0.15, 0.2) is 25.2 Å². The summed E-state index contributed by atoms with van der Waals surface area (Å²) in [4.78, 5) is 56.7. The zero-order chi connectivity index (χ0) is 74.8. The summed E-state index contributed by atoms with van der Waals surface area (Å²) in [5.74, 6) is -3.88. The van der Waals surface area contributed by atoms with Crippen molar-refractivity contribution in [3.63, 3.8) is 0 Å². The van der Waals surface area contributed by atoms with Gasteiger partial charge < -0.3 is 62.7 Å². The molecule has 4 unspecified atom stereocenters. The average Bonchev–Trinajstić information content (AvgIpc) is 0.781. The molecule has 32 atom stereocenters. The molecule has 572 valence electrons. The van der Waals surface area contributed by atoms with Gasteiger partial charge in [0.05, 0.1) is 66.8 Å². The van der Waals surface area contributed by atoms with Crippen molar-refractivity contribution in [1.82, 2.24) is 0 Å². The van der Waals surface area contributed by atoms with Crippen LogP contribution in [-0.2, 0) is 66.5 Å². The van der Waals surface area contributed by atoms with Gasteiger partial charge in [0.25, 0.3) is 0 Å². The Kier molecular flexibility index (Phi) is 30.3. The molecule has 6 fully saturated rings. The molecule has 6 rings (SSSR count). The maximum atomic E-state index is 14.3. The lowest BCUT2D eigenvalue weighted by atomic mass is 9.67. The first-order chi connectivity index (χ1) is 45.0. The molecule has 17 heteroatoms. The Bertz CT molecular complexity index is 2380. The minimum Gasteiger partial charge on any atom is -0.459 e. The van der Waals surface area contributed by atoms with Gasteiger partial charge >= 0.3 is 11.9 Å². The van der Waals surface area contributed by atoms with Crippen molar-refractivity contribution in [3.05, 3.63) is 0 Å². The fraction of sp³-hybridized carbons (Fsp3) is 0.951. The molecule has 0 aromatic rings. The molecule has 6 heterocycles. The second-order valence-electron chi connectivity index (χ2n) is 36.0. The number of ketones is 2. The summed E-state index contributed by atoms with van der Waals surface area (Å²) in [5, 5.41) is 35.7. The van der Waals surface area contributed by atoms with Crippen LogP contribution in [0.2, 0.25) is 0 Å². The van der Waals surface area contributed by atoms with E-state index in [0.29, 0.717) is 62.2 Å². The number of hydrogen-bond acceptors (Lipinski definition) is 17. The number of hydrogen-bond donors (Lipinski definition) is 3. The number of carbonyl (C=O) groups is 4. The second kappa shape index (κ2) is 34.4. The number of aliphatic hydroxyl groups is 3. The summed E-state index contributed by atoms with van der Waals surface area (Å²) >= 11 is 0. The van der Waals surface area contributed by atoms with Crippen molar-refractivity contribution < 1.29 is 81.9 Å². The minimum absolute atomic E-state index is 0.0212. The predicted molar refractivity (Wildman–Crippen MR) is 384 cm³/mol. The third kappa shape index (κ3) is 19.5. The largest absolute Gasteiger partial charge is 0.459 e. The molecule has 6 aliphatic rings. The Morgan fingerprint density at radius 2 is 0.745 bits per heavy atom. The molecule has 0 spiro atoms. The van der Waals surface area contributed by atoms with E-state index in [1.54, 1.807) is 13.8 Å². The Morgan fingerprint density at radius 3 is 1.07 bits per heavy atom. The van der Waals surface area contributed by atoms with Gasteiger partial charge in [-0.25, -0.2) is 0 Å². The number of Topliss-reactive ketones (excluding diaryl/α,β-unsaturated/α-hetero) is 2. The monoisotopic (exact) mass is 1390 g/mol. The van der Waals surface area contributed by atoms with Crippen molar-refractivity contribution in [2.75, 3.05) is 0 Å². The fourth-order valence-electron chi connectivity index (χ4n) is 18.5. The van der Waals surface area contributed by atoms with Crippen LogP contribution in [0.15, 0.2) is 0 Å². The molecule has 98 heavy (non-hydrogen) atoms. The van der Waals surface area contributed by atoms with E-state index < -0.39 is 137 Å². The number of ether oxygens (including phenoxy) is 10. The van der Waals surface area contributed by atoms with Gasteiger partial charge in [-0.3, -0.25) is 19.2 Å². The molecule has 6 aliphatic heterocycles. The highest BCUT2D eigenvalue weighted by molar-refractivity contribution is 5.84. The zero-order valence-corrected chi connectivity index (χ0v) is 67.4. The lowest BCUT2D eigenvalue weighted by molar-refractivity contribution is -0.294. The van der Waals surface area contributed by atoms with Gasteiger partial charge in [-0.1, -0.05) is 173 Å². The molecule has 0 amide bonds. The van der Waals surface area contributed by atoms with Crippen LogP contribution >= 0.6 is 0 Å². The van der Waals surface area contributed by atoms with Crippen LogP contribution in [0.4, 0.5) is 0 Å². The van der Waals surface area contributed by atoms with E-state index in [1.165, 1.54) is 0 Å². The van der Waals surface area contributed by atoms with Crippen LogP contribution < -0.4 is 0 Å². The normalized spacial score (nSPS) is 47.2. The minimum atomic E-state index is -1.81. The summed E-state index contributed by atoms with van der Waals surface area (Å²) < 4.78 is 66.4. The number of aliphatic hydroxyl groups excluding tert-OH is 1. The van der Waals surface area contributed by atoms with Gasteiger partial charge in [-0.05, 0) is 144 Å². The number of rotatable bonds is 12. The van der Waals surface area contributed by atoms with Gasteiger partial charge in [0.1, 0.15) is 35.0 Å². The van der Waals surface area contributed by atoms with Crippen molar-refractivity contribution in [2.24, 2.45) is 110 Å². The Morgan fingerprint density at radius 1 is 0.408 bits per heavy atom. The fourth-order valence-corrected chi connectivity index (χ4v) is 18.5. The van der Waals surface area contributed by atoms with E-state index in [4.69, 9.17) is 47.4 Å². The summed E-state index contributed by atoms with van der Waals surface area (Å²) in [7, 11) is 0. The van der Waals surface area contributed by atoms with Crippen LogP contribution in [0.1, 0.15) is 279 Å². The van der Waals surface area contributed by atoms with E-state index in [-0.39, 0.29) is 89.2 Å². The topological polar surface area (TPSA) is 221 Å². The quantitative estimate of drug-likeness (QED) is 0.155.